The third-order valence-electron chi connectivity index (χ3n) is 4.17. The summed E-state index contributed by atoms with van der Waals surface area (Å²) in [6.07, 6.45) is 0.469. The van der Waals surface area contributed by atoms with Gasteiger partial charge < -0.3 is 14.9 Å². The highest BCUT2D eigenvalue weighted by Gasteiger charge is 2.31. The highest BCUT2D eigenvalue weighted by Crippen LogP contribution is 2.43. The summed E-state index contributed by atoms with van der Waals surface area (Å²) in [6.45, 7) is 1.78. The molecule has 5 nitrogen and oxygen atoms in total. The molecule has 0 bridgehead atoms. The molecule has 1 unspecified atom stereocenters. The summed E-state index contributed by atoms with van der Waals surface area (Å²) in [5.74, 6) is -0.454. The van der Waals surface area contributed by atoms with Crippen molar-refractivity contribution in [3.63, 3.8) is 0 Å². The van der Waals surface area contributed by atoms with Crippen molar-refractivity contribution in [2.75, 3.05) is 5.75 Å². The van der Waals surface area contributed by atoms with E-state index in [1.807, 2.05) is 0 Å². The van der Waals surface area contributed by atoms with Crippen LogP contribution in [0.2, 0.25) is 0 Å². The molecule has 0 saturated carbocycles. The van der Waals surface area contributed by atoms with Gasteiger partial charge in [-0.15, -0.1) is 0 Å². The highest BCUT2D eigenvalue weighted by atomic mass is 32.2. The second kappa shape index (κ2) is 6.65. The minimum Gasteiger partial charge on any atom is -0.508 e. The van der Waals surface area contributed by atoms with Crippen LogP contribution in [0.4, 0.5) is 4.39 Å². The van der Waals surface area contributed by atoms with Gasteiger partial charge in [0.15, 0.2) is 9.84 Å². The van der Waals surface area contributed by atoms with Crippen molar-refractivity contribution in [1.82, 2.24) is 0 Å². The van der Waals surface area contributed by atoms with Gasteiger partial charge in [0.1, 0.15) is 23.1 Å². The molecule has 0 spiro atoms. The Hall–Kier alpha value is -2.12. The average molecular weight is 366 g/mol. The van der Waals surface area contributed by atoms with E-state index < -0.39 is 21.8 Å². The van der Waals surface area contributed by atoms with Crippen LogP contribution in [0.5, 0.6) is 17.2 Å². The number of sulfone groups is 1. The molecule has 134 valence electrons. The van der Waals surface area contributed by atoms with E-state index in [2.05, 4.69) is 0 Å². The van der Waals surface area contributed by atoms with Gasteiger partial charge in [-0.3, -0.25) is 0 Å². The van der Waals surface area contributed by atoms with Crippen molar-refractivity contribution in [2.45, 2.75) is 37.2 Å². The van der Waals surface area contributed by atoms with Crippen LogP contribution in [0.3, 0.4) is 0 Å². The zero-order valence-electron chi connectivity index (χ0n) is 13.7. The minimum atomic E-state index is -3.49. The number of rotatable bonds is 5. The van der Waals surface area contributed by atoms with Crippen molar-refractivity contribution in [1.29, 1.82) is 0 Å². The molecule has 0 fully saturated rings. The van der Waals surface area contributed by atoms with Gasteiger partial charge in [0, 0.05) is 29.3 Å². The molecule has 7 heteroatoms. The minimum absolute atomic E-state index is 0.00410. The SMILES string of the molecule is CCCS(=O)(=O)c1ccc(Oc2cc(O)cc(F)c2)c2c1C(O)CC2. The Morgan fingerprint density at radius 3 is 2.72 bits per heavy atom. The van der Waals surface area contributed by atoms with Crippen molar-refractivity contribution in [3.05, 3.63) is 47.3 Å². The molecule has 0 saturated heterocycles. The maximum absolute atomic E-state index is 13.4. The maximum Gasteiger partial charge on any atom is 0.178 e. The van der Waals surface area contributed by atoms with Gasteiger partial charge in [0.25, 0.3) is 0 Å². The second-order valence-corrected chi connectivity index (χ2v) is 8.15. The number of hydrogen-bond acceptors (Lipinski definition) is 5. The normalized spacial score (nSPS) is 16.7. The van der Waals surface area contributed by atoms with Crippen LogP contribution in [0, 0.1) is 5.82 Å². The number of aliphatic hydroxyl groups excluding tert-OH is 1. The number of phenols is 1. The Morgan fingerprint density at radius 1 is 1.28 bits per heavy atom. The summed E-state index contributed by atoms with van der Waals surface area (Å²) in [7, 11) is -3.49. The molecule has 2 aromatic rings. The Kier molecular flexibility index (Phi) is 4.71. The Bertz CT molecular complexity index is 888. The van der Waals surface area contributed by atoms with Gasteiger partial charge in [0.2, 0.25) is 0 Å². The largest absolute Gasteiger partial charge is 0.508 e. The van der Waals surface area contributed by atoms with Crippen LogP contribution in [0.25, 0.3) is 0 Å². The van der Waals surface area contributed by atoms with Gasteiger partial charge in [-0.05, 0) is 31.4 Å². The molecule has 0 heterocycles. The molecule has 3 rings (SSSR count). The predicted octanol–water partition coefficient (Wildman–Crippen LogP) is 3.49. The van der Waals surface area contributed by atoms with Crippen LogP contribution < -0.4 is 4.74 Å². The van der Waals surface area contributed by atoms with Gasteiger partial charge in [-0.1, -0.05) is 6.92 Å². The zero-order chi connectivity index (χ0) is 18.2. The van der Waals surface area contributed by atoms with Gasteiger partial charge >= 0.3 is 0 Å². The van der Waals surface area contributed by atoms with Crippen LogP contribution >= 0.6 is 0 Å². The quantitative estimate of drug-likeness (QED) is 0.846. The summed E-state index contributed by atoms with van der Waals surface area (Å²) in [5, 5.41) is 19.7. The molecular weight excluding hydrogens is 347 g/mol. The number of aromatic hydroxyl groups is 1. The maximum atomic E-state index is 13.4. The standard InChI is InChI=1S/C18H19FO5S/c1-2-7-25(22,23)17-6-5-16(14-3-4-15(21)18(14)17)24-13-9-11(19)8-12(20)10-13/h5-6,8-10,15,20-21H,2-4,7H2,1H3. The first-order valence-electron chi connectivity index (χ1n) is 8.06. The molecule has 25 heavy (non-hydrogen) atoms. The summed E-state index contributed by atoms with van der Waals surface area (Å²) < 4.78 is 44.0. The zero-order valence-corrected chi connectivity index (χ0v) is 14.5. The highest BCUT2D eigenvalue weighted by molar-refractivity contribution is 7.91. The lowest BCUT2D eigenvalue weighted by atomic mass is 10.1. The van der Waals surface area contributed by atoms with Crippen LogP contribution in [-0.4, -0.2) is 24.4 Å². The van der Waals surface area contributed by atoms with E-state index >= 15 is 0 Å². The molecule has 0 aliphatic heterocycles. The third kappa shape index (κ3) is 3.48. The van der Waals surface area contributed by atoms with Crippen molar-refractivity contribution >= 4 is 9.84 Å². The molecular formula is C18H19FO5S. The number of hydrogen-bond donors (Lipinski definition) is 2. The molecule has 1 aliphatic carbocycles. The number of halogens is 1. The van der Waals surface area contributed by atoms with Crippen LogP contribution in [0.1, 0.15) is 37.0 Å². The summed E-state index contributed by atoms with van der Waals surface area (Å²) in [5.41, 5.74) is 0.972. The number of fused-ring (bicyclic) bond motifs is 1. The van der Waals surface area contributed by atoms with E-state index in [-0.39, 0.29) is 22.1 Å². The number of phenolic OH excluding ortho intramolecular Hbond substituents is 1. The average Bonchev–Trinajstić information content (AvgIpc) is 2.89. The topological polar surface area (TPSA) is 83.8 Å². The fourth-order valence-corrected chi connectivity index (χ4v) is 4.78. The number of ether oxygens (including phenoxy) is 1. The lowest BCUT2D eigenvalue weighted by molar-refractivity contribution is 0.177. The van der Waals surface area contributed by atoms with E-state index in [0.29, 0.717) is 36.1 Å². The Balaban J connectivity index is 2.06. The van der Waals surface area contributed by atoms with Crippen molar-refractivity contribution in [2.24, 2.45) is 0 Å². The fraction of sp³-hybridized carbons (Fsp3) is 0.333. The monoisotopic (exact) mass is 366 g/mol. The molecule has 0 aromatic heterocycles. The van der Waals surface area contributed by atoms with E-state index in [4.69, 9.17) is 4.74 Å². The van der Waals surface area contributed by atoms with E-state index in [1.54, 1.807) is 6.92 Å². The first-order chi connectivity index (χ1) is 11.8. The summed E-state index contributed by atoms with van der Waals surface area (Å²) >= 11 is 0. The van der Waals surface area contributed by atoms with Crippen molar-refractivity contribution in [3.8, 4) is 17.2 Å². The summed E-state index contributed by atoms with van der Waals surface area (Å²) in [6, 6.07) is 6.29. The molecule has 2 N–H and O–H groups in total. The van der Waals surface area contributed by atoms with Crippen molar-refractivity contribution < 1.29 is 27.8 Å². The van der Waals surface area contributed by atoms with E-state index in [9.17, 15) is 23.0 Å². The van der Waals surface area contributed by atoms with E-state index in [0.717, 1.165) is 12.1 Å². The first-order valence-corrected chi connectivity index (χ1v) is 9.71. The van der Waals surface area contributed by atoms with Gasteiger partial charge in [-0.2, -0.15) is 0 Å². The molecule has 1 atom stereocenters. The summed E-state index contributed by atoms with van der Waals surface area (Å²) in [4.78, 5) is 0.129. The third-order valence-corrected chi connectivity index (χ3v) is 6.14. The predicted molar refractivity (Wildman–Crippen MR) is 90.2 cm³/mol. The lowest BCUT2D eigenvalue weighted by Crippen LogP contribution is -2.11. The van der Waals surface area contributed by atoms with Gasteiger partial charge in [0.05, 0.1) is 16.8 Å². The van der Waals surface area contributed by atoms with Gasteiger partial charge in [-0.25, -0.2) is 12.8 Å². The lowest BCUT2D eigenvalue weighted by Gasteiger charge is -2.16. The Labute approximate surface area is 145 Å². The molecule has 1 aliphatic rings. The van der Waals surface area contributed by atoms with E-state index in [1.165, 1.54) is 18.2 Å². The Morgan fingerprint density at radius 2 is 2.04 bits per heavy atom. The first kappa shape index (κ1) is 17.7. The molecule has 0 amide bonds. The van der Waals surface area contributed by atoms with Crippen LogP contribution in [0.15, 0.2) is 35.2 Å². The molecule has 2 aromatic carbocycles. The second-order valence-electron chi connectivity index (χ2n) is 6.07. The number of aliphatic hydroxyl groups is 1. The number of benzene rings is 2. The smallest absolute Gasteiger partial charge is 0.178 e. The fourth-order valence-electron chi connectivity index (χ4n) is 3.15. The molecule has 0 radical (unpaired) electrons. The van der Waals surface area contributed by atoms with Crippen LogP contribution in [-0.2, 0) is 16.3 Å².